The normalized spacial score (nSPS) is 28.4. The molecule has 1 saturated heterocycles. The Kier molecular flexibility index (Phi) is 3.80. The van der Waals surface area contributed by atoms with E-state index in [1.807, 2.05) is 0 Å². The third kappa shape index (κ3) is 3.16. The van der Waals surface area contributed by atoms with Crippen molar-refractivity contribution in [1.29, 1.82) is 0 Å². The summed E-state index contributed by atoms with van der Waals surface area (Å²) in [5, 5.41) is 3.37. The SMILES string of the molecule is CC1CN(CCF)CCCN1. The molecule has 2 nitrogen and oxygen atoms in total. The molecular formula is C8H17FN2. The first-order valence-electron chi connectivity index (χ1n) is 4.34. The Labute approximate surface area is 67.8 Å². The van der Waals surface area contributed by atoms with Gasteiger partial charge in [0.25, 0.3) is 0 Å². The summed E-state index contributed by atoms with van der Waals surface area (Å²) in [7, 11) is 0. The Hall–Kier alpha value is -0.150. The molecule has 1 atom stereocenters. The van der Waals surface area contributed by atoms with Gasteiger partial charge in [-0.3, -0.25) is 4.90 Å². The van der Waals surface area contributed by atoms with Crippen LogP contribution in [0, 0.1) is 0 Å². The number of hydrogen-bond acceptors (Lipinski definition) is 2. The van der Waals surface area contributed by atoms with Crippen molar-refractivity contribution in [2.45, 2.75) is 19.4 Å². The smallest absolute Gasteiger partial charge is 0.102 e. The Bertz CT molecular complexity index is 108. The van der Waals surface area contributed by atoms with Crippen LogP contribution in [-0.4, -0.2) is 43.8 Å². The van der Waals surface area contributed by atoms with E-state index in [1.165, 1.54) is 0 Å². The van der Waals surface area contributed by atoms with E-state index in [9.17, 15) is 4.39 Å². The lowest BCUT2D eigenvalue weighted by Crippen LogP contribution is -2.36. The van der Waals surface area contributed by atoms with Gasteiger partial charge in [0.2, 0.25) is 0 Å². The van der Waals surface area contributed by atoms with E-state index in [4.69, 9.17) is 0 Å². The van der Waals surface area contributed by atoms with Crippen molar-refractivity contribution >= 4 is 0 Å². The van der Waals surface area contributed by atoms with Gasteiger partial charge in [0, 0.05) is 19.1 Å². The van der Waals surface area contributed by atoms with Crippen LogP contribution in [0.25, 0.3) is 0 Å². The fraction of sp³-hybridized carbons (Fsp3) is 1.00. The summed E-state index contributed by atoms with van der Waals surface area (Å²) in [5.74, 6) is 0. The largest absolute Gasteiger partial charge is 0.313 e. The molecule has 1 rings (SSSR count). The molecule has 1 fully saturated rings. The van der Waals surface area contributed by atoms with E-state index in [0.717, 1.165) is 26.1 Å². The molecule has 1 aliphatic heterocycles. The van der Waals surface area contributed by atoms with Crippen LogP contribution in [0.1, 0.15) is 13.3 Å². The van der Waals surface area contributed by atoms with Gasteiger partial charge in [-0.1, -0.05) is 0 Å². The standard InChI is InChI=1S/C8H17FN2/c1-8-7-11(6-3-9)5-2-4-10-8/h8,10H,2-7H2,1H3. The minimum Gasteiger partial charge on any atom is -0.313 e. The summed E-state index contributed by atoms with van der Waals surface area (Å²) < 4.78 is 12.0. The molecule has 1 heterocycles. The van der Waals surface area contributed by atoms with E-state index in [0.29, 0.717) is 12.6 Å². The summed E-state index contributed by atoms with van der Waals surface area (Å²) in [4.78, 5) is 2.19. The molecule has 3 heteroatoms. The summed E-state index contributed by atoms with van der Waals surface area (Å²) in [6.07, 6.45) is 1.14. The second kappa shape index (κ2) is 4.67. The first kappa shape index (κ1) is 8.94. The second-order valence-electron chi connectivity index (χ2n) is 3.20. The number of hydrogen-bond donors (Lipinski definition) is 1. The maximum atomic E-state index is 12.0. The minimum atomic E-state index is -0.216. The predicted octanol–water partition coefficient (Wildman–Crippen LogP) is 0.640. The van der Waals surface area contributed by atoms with Crippen molar-refractivity contribution in [2.75, 3.05) is 32.9 Å². The Balaban J connectivity index is 2.27. The molecule has 0 aromatic heterocycles. The molecule has 0 aliphatic carbocycles. The first-order valence-corrected chi connectivity index (χ1v) is 4.34. The number of halogens is 1. The molecular weight excluding hydrogens is 143 g/mol. The second-order valence-corrected chi connectivity index (χ2v) is 3.20. The van der Waals surface area contributed by atoms with Crippen LogP contribution >= 0.6 is 0 Å². The van der Waals surface area contributed by atoms with Crippen LogP contribution in [-0.2, 0) is 0 Å². The highest BCUT2D eigenvalue weighted by molar-refractivity contribution is 4.72. The van der Waals surface area contributed by atoms with Gasteiger partial charge in [0.05, 0.1) is 0 Å². The molecule has 1 aliphatic rings. The lowest BCUT2D eigenvalue weighted by molar-refractivity contribution is 0.247. The van der Waals surface area contributed by atoms with Gasteiger partial charge in [-0.15, -0.1) is 0 Å². The lowest BCUT2D eigenvalue weighted by atomic mass is 10.3. The lowest BCUT2D eigenvalue weighted by Gasteiger charge is -2.20. The summed E-state index contributed by atoms with van der Waals surface area (Å²) >= 11 is 0. The minimum absolute atomic E-state index is 0.216. The zero-order chi connectivity index (χ0) is 8.10. The first-order chi connectivity index (χ1) is 5.33. The zero-order valence-corrected chi connectivity index (χ0v) is 7.15. The van der Waals surface area contributed by atoms with Crippen molar-refractivity contribution < 1.29 is 4.39 Å². The zero-order valence-electron chi connectivity index (χ0n) is 7.15. The molecule has 1 unspecified atom stereocenters. The maximum Gasteiger partial charge on any atom is 0.102 e. The van der Waals surface area contributed by atoms with Crippen LogP contribution in [0.2, 0.25) is 0 Å². The molecule has 0 aromatic carbocycles. The molecule has 0 amide bonds. The van der Waals surface area contributed by atoms with Crippen LogP contribution < -0.4 is 5.32 Å². The van der Waals surface area contributed by atoms with Gasteiger partial charge >= 0.3 is 0 Å². The number of rotatable bonds is 2. The topological polar surface area (TPSA) is 15.3 Å². The monoisotopic (exact) mass is 160 g/mol. The predicted molar refractivity (Wildman–Crippen MR) is 44.5 cm³/mol. The van der Waals surface area contributed by atoms with Crippen LogP contribution in [0.3, 0.4) is 0 Å². The van der Waals surface area contributed by atoms with Gasteiger partial charge in [0.15, 0.2) is 0 Å². The van der Waals surface area contributed by atoms with Gasteiger partial charge in [-0.2, -0.15) is 0 Å². The Morgan fingerprint density at radius 1 is 1.64 bits per heavy atom. The van der Waals surface area contributed by atoms with Gasteiger partial charge < -0.3 is 5.32 Å². The molecule has 0 radical (unpaired) electrons. The highest BCUT2D eigenvalue weighted by atomic mass is 19.1. The molecule has 11 heavy (non-hydrogen) atoms. The van der Waals surface area contributed by atoms with Gasteiger partial charge in [-0.25, -0.2) is 4.39 Å². The van der Waals surface area contributed by atoms with Crippen LogP contribution in [0.4, 0.5) is 4.39 Å². The van der Waals surface area contributed by atoms with E-state index < -0.39 is 0 Å². The van der Waals surface area contributed by atoms with E-state index in [2.05, 4.69) is 17.1 Å². The number of alkyl halides is 1. The van der Waals surface area contributed by atoms with Gasteiger partial charge in [0.1, 0.15) is 6.67 Å². The summed E-state index contributed by atoms with van der Waals surface area (Å²) in [6.45, 7) is 5.64. The number of nitrogens with one attached hydrogen (secondary N) is 1. The molecule has 0 spiro atoms. The van der Waals surface area contributed by atoms with Crippen molar-refractivity contribution in [1.82, 2.24) is 10.2 Å². The number of nitrogens with zero attached hydrogens (tertiary/aromatic N) is 1. The summed E-state index contributed by atoms with van der Waals surface area (Å²) in [6, 6.07) is 0.518. The molecule has 0 bridgehead atoms. The van der Waals surface area contributed by atoms with Crippen molar-refractivity contribution in [3.63, 3.8) is 0 Å². The molecule has 66 valence electrons. The van der Waals surface area contributed by atoms with Crippen molar-refractivity contribution in [3.8, 4) is 0 Å². The Morgan fingerprint density at radius 3 is 3.18 bits per heavy atom. The third-order valence-electron chi connectivity index (χ3n) is 2.08. The fourth-order valence-corrected chi connectivity index (χ4v) is 1.52. The summed E-state index contributed by atoms with van der Waals surface area (Å²) in [5.41, 5.74) is 0. The average molecular weight is 160 g/mol. The quantitative estimate of drug-likeness (QED) is 0.637. The van der Waals surface area contributed by atoms with E-state index in [1.54, 1.807) is 0 Å². The van der Waals surface area contributed by atoms with Crippen LogP contribution in [0.15, 0.2) is 0 Å². The van der Waals surface area contributed by atoms with E-state index >= 15 is 0 Å². The van der Waals surface area contributed by atoms with Crippen molar-refractivity contribution in [3.05, 3.63) is 0 Å². The molecule has 1 N–H and O–H groups in total. The molecule has 0 saturated carbocycles. The highest BCUT2D eigenvalue weighted by Gasteiger charge is 2.12. The molecule has 0 aromatic rings. The van der Waals surface area contributed by atoms with E-state index in [-0.39, 0.29) is 6.67 Å². The Morgan fingerprint density at radius 2 is 2.45 bits per heavy atom. The van der Waals surface area contributed by atoms with Crippen LogP contribution in [0.5, 0.6) is 0 Å². The average Bonchev–Trinajstić information content (AvgIpc) is 2.15. The maximum absolute atomic E-state index is 12.0. The van der Waals surface area contributed by atoms with Crippen molar-refractivity contribution in [2.24, 2.45) is 0 Å². The highest BCUT2D eigenvalue weighted by Crippen LogP contribution is 1.99. The third-order valence-corrected chi connectivity index (χ3v) is 2.08. The van der Waals surface area contributed by atoms with Gasteiger partial charge in [-0.05, 0) is 26.4 Å². The fourth-order valence-electron chi connectivity index (χ4n) is 1.52.